The molecule has 2 aliphatic rings. The number of nitrogens with one attached hydrogen (secondary N) is 1. The zero-order valence-corrected chi connectivity index (χ0v) is 13.8. The van der Waals surface area contributed by atoms with Gasteiger partial charge in [0.2, 0.25) is 11.8 Å². The average Bonchev–Trinajstić information content (AvgIpc) is 3.15. The van der Waals surface area contributed by atoms with Crippen LogP contribution in [-0.4, -0.2) is 48.4 Å². The highest BCUT2D eigenvalue weighted by Crippen LogP contribution is 2.28. The summed E-state index contributed by atoms with van der Waals surface area (Å²) in [5.41, 5.74) is 2.61. The van der Waals surface area contributed by atoms with Gasteiger partial charge in [-0.15, -0.1) is 0 Å². The molecule has 1 atom stereocenters. The molecule has 1 aliphatic heterocycles. The molecule has 1 fully saturated rings. The first-order valence-electron chi connectivity index (χ1n) is 8.29. The number of rotatable bonds is 5. The van der Waals surface area contributed by atoms with Crippen LogP contribution in [0.1, 0.15) is 30.4 Å². The predicted molar refractivity (Wildman–Crippen MR) is 87.1 cm³/mol. The standard InChI is InChI=1S/C18H22N2O4/c1-24-18(23)7-6-16(21)19-14-10-17(22)20(11-14)15-8-12-4-2-3-5-13(12)9-15/h2-5,14-15H,6-11H2,1H3,(H,19,21)/t14-/m0/s1. The monoisotopic (exact) mass is 330 g/mol. The van der Waals surface area contributed by atoms with Crippen molar-refractivity contribution in [2.75, 3.05) is 13.7 Å². The number of carbonyl (C=O) groups is 3. The van der Waals surface area contributed by atoms with E-state index in [1.165, 1.54) is 18.2 Å². The summed E-state index contributed by atoms with van der Waals surface area (Å²) in [6.45, 7) is 0.543. The first-order valence-corrected chi connectivity index (χ1v) is 8.29. The van der Waals surface area contributed by atoms with Gasteiger partial charge in [0.25, 0.3) is 0 Å². The Balaban J connectivity index is 1.51. The van der Waals surface area contributed by atoms with Gasteiger partial charge in [0, 0.05) is 25.4 Å². The molecule has 128 valence electrons. The van der Waals surface area contributed by atoms with Gasteiger partial charge in [0.1, 0.15) is 0 Å². The Kier molecular flexibility index (Phi) is 4.83. The zero-order chi connectivity index (χ0) is 17.1. The molecule has 6 heteroatoms. The number of hydrogen-bond donors (Lipinski definition) is 1. The second-order valence-electron chi connectivity index (χ2n) is 6.42. The van der Waals surface area contributed by atoms with Gasteiger partial charge in [-0.25, -0.2) is 0 Å². The summed E-state index contributed by atoms with van der Waals surface area (Å²) in [5, 5.41) is 2.85. The summed E-state index contributed by atoms with van der Waals surface area (Å²) in [4.78, 5) is 37.2. The third-order valence-electron chi connectivity index (χ3n) is 4.78. The van der Waals surface area contributed by atoms with Crippen LogP contribution in [0.5, 0.6) is 0 Å². The van der Waals surface area contributed by atoms with Crippen LogP contribution in [0.3, 0.4) is 0 Å². The lowest BCUT2D eigenvalue weighted by Crippen LogP contribution is -2.41. The fourth-order valence-electron chi connectivity index (χ4n) is 3.55. The van der Waals surface area contributed by atoms with Crippen LogP contribution < -0.4 is 5.32 Å². The van der Waals surface area contributed by atoms with Gasteiger partial charge in [-0.05, 0) is 24.0 Å². The van der Waals surface area contributed by atoms with Crippen molar-refractivity contribution in [2.45, 2.75) is 44.2 Å². The summed E-state index contributed by atoms with van der Waals surface area (Å²) < 4.78 is 4.52. The van der Waals surface area contributed by atoms with Gasteiger partial charge in [0.05, 0.1) is 19.6 Å². The van der Waals surface area contributed by atoms with Crippen molar-refractivity contribution in [3.8, 4) is 0 Å². The largest absolute Gasteiger partial charge is 0.469 e. The number of esters is 1. The van der Waals surface area contributed by atoms with Gasteiger partial charge in [0.15, 0.2) is 0 Å². The van der Waals surface area contributed by atoms with Crippen molar-refractivity contribution in [1.82, 2.24) is 10.2 Å². The molecule has 1 heterocycles. The number of benzene rings is 1. The Bertz CT molecular complexity index is 633. The maximum Gasteiger partial charge on any atom is 0.306 e. The van der Waals surface area contributed by atoms with Crippen molar-refractivity contribution in [3.63, 3.8) is 0 Å². The average molecular weight is 330 g/mol. The van der Waals surface area contributed by atoms with Crippen molar-refractivity contribution in [2.24, 2.45) is 0 Å². The third kappa shape index (κ3) is 3.58. The van der Waals surface area contributed by atoms with E-state index < -0.39 is 5.97 Å². The lowest BCUT2D eigenvalue weighted by molar-refractivity contribution is -0.142. The molecule has 1 aromatic rings. The van der Waals surface area contributed by atoms with Crippen molar-refractivity contribution >= 4 is 17.8 Å². The lowest BCUT2D eigenvalue weighted by Gasteiger charge is -2.24. The highest BCUT2D eigenvalue weighted by atomic mass is 16.5. The van der Waals surface area contributed by atoms with Crippen LogP contribution in [0.4, 0.5) is 0 Å². The highest BCUT2D eigenvalue weighted by molar-refractivity contribution is 5.84. The fourth-order valence-corrected chi connectivity index (χ4v) is 3.55. The van der Waals surface area contributed by atoms with Gasteiger partial charge in [-0.3, -0.25) is 14.4 Å². The Morgan fingerprint density at radius 2 is 1.83 bits per heavy atom. The molecule has 0 spiro atoms. The van der Waals surface area contributed by atoms with Gasteiger partial charge >= 0.3 is 5.97 Å². The molecule has 1 saturated heterocycles. The smallest absolute Gasteiger partial charge is 0.306 e. The maximum absolute atomic E-state index is 12.3. The van der Waals surface area contributed by atoms with Crippen LogP contribution >= 0.6 is 0 Å². The summed E-state index contributed by atoms with van der Waals surface area (Å²) >= 11 is 0. The van der Waals surface area contributed by atoms with E-state index in [9.17, 15) is 14.4 Å². The third-order valence-corrected chi connectivity index (χ3v) is 4.78. The molecule has 3 rings (SSSR count). The summed E-state index contributed by atoms with van der Waals surface area (Å²) in [6.07, 6.45) is 2.24. The molecule has 0 saturated carbocycles. The number of carbonyl (C=O) groups excluding carboxylic acids is 3. The number of nitrogens with zero attached hydrogens (tertiary/aromatic N) is 1. The van der Waals surface area contributed by atoms with E-state index in [0.29, 0.717) is 13.0 Å². The van der Waals surface area contributed by atoms with E-state index in [4.69, 9.17) is 0 Å². The molecule has 1 N–H and O–H groups in total. The minimum Gasteiger partial charge on any atom is -0.469 e. The summed E-state index contributed by atoms with van der Waals surface area (Å²) in [5.74, 6) is -0.529. The number of ether oxygens (including phenoxy) is 1. The quantitative estimate of drug-likeness (QED) is 0.811. The Morgan fingerprint density at radius 1 is 1.17 bits per heavy atom. The topological polar surface area (TPSA) is 75.7 Å². The number of likely N-dealkylation sites (tertiary alicyclic amines) is 1. The molecule has 2 amide bonds. The van der Waals surface area contributed by atoms with Crippen LogP contribution in [0, 0.1) is 0 Å². The Morgan fingerprint density at radius 3 is 2.46 bits per heavy atom. The molecule has 1 aromatic carbocycles. The molecule has 0 aromatic heterocycles. The number of fused-ring (bicyclic) bond motifs is 1. The van der Waals surface area contributed by atoms with Crippen LogP contribution in [-0.2, 0) is 32.0 Å². The molecule has 6 nitrogen and oxygen atoms in total. The molecular formula is C18H22N2O4. The van der Waals surface area contributed by atoms with E-state index in [-0.39, 0.29) is 36.7 Å². The second-order valence-corrected chi connectivity index (χ2v) is 6.42. The number of hydrogen-bond acceptors (Lipinski definition) is 4. The van der Waals surface area contributed by atoms with E-state index in [2.05, 4.69) is 22.2 Å². The van der Waals surface area contributed by atoms with Gasteiger partial charge in [-0.2, -0.15) is 0 Å². The predicted octanol–water partition coefficient (Wildman–Crippen LogP) is 0.824. The Hall–Kier alpha value is -2.37. The minimum atomic E-state index is -0.405. The summed E-state index contributed by atoms with van der Waals surface area (Å²) in [6, 6.07) is 8.29. The van der Waals surface area contributed by atoms with Crippen LogP contribution in [0.25, 0.3) is 0 Å². The summed E-state index contributed by atoms with van der Waals surface area (Å²) in [7, 11) is 1.30. The van der Waals surface area contributed by atoms with Gasteiger partial charge < -0.3 is 15.0 Å². The second kappa shape index (κ2) is 7.03. The van der Waals surface area contributed by atoms with E-state index in [1.807, 2.05) is 17.0 Å². The number of methoxy groups -OCH3 is 1. The van der Waals surface area contributed by atoms with Crippen molar-refractivity contribution < 1.29 is 19.1 Å². The first-order chi connectivity index (χ1) is 11.6. The lowest BCUT2D eigenvalue weighted by atomic mass is 10.1. The normalized spacial score (nSPS) is 20.1. The molecule has 24 heavy (non-hydrogen) atoms. The molecular weight excluding hydrogens is 308 g/mol. The van der Waals surface area contributed by atoms with E-state index >= 15 is 0 Å². The van der Waals surface area contributed by atoms with E-state index in [1.54, 1.807) is 0 Å². The molecule has 0 radical (unpaired) electrons. The minimum absolute atomic E-state index is 0.0602. The van der Waals surface area contributed by atoms with Crippen LogP contribution in [0.15, 0.2) is 24.3 Å². The van der Waals surface area contributed by atoms with Gasteiger partial charge in [-0.1, -0.05) is 24.3 Å². The van der Waals surface area contributed by atoms with E-state index in [0.717, 1.165) is 12.8 Å². The zero-order valence-electron chi connectivity index (χ0n) is 13.8. The fraction of sp³-hybridized carbons (Fsp3) is 0.500. The highest BCUT2D eigenvalue weighted by Gasteiger charge is 2.37. The molecule has 0 unspecified atom stereocenters. The van der Waals surface area contributed by atoms with Crippen LogP contribution in [0.2, 0.25) is 0 Å². The SMILES string of the molecule is COC(=O)CCC(=O)N[C@H]1CC(=O)N(C2Cc3ccccc3C2)C1. The van der Waals surface area contributed by atoms with Crippen molar-refractivity contribution in [1.29, 1.82) is 0 Å². The molecule has 1 aliphatic carbocycles. The first kappa shape index (κ1) is 16.5. The molecule has 0 bridgehead atoms. The van der Waals surface area contributed by atoms with Crippen molar-refractivity contribution in [3.05, 3.63) is 35.4 Å². The maximum atomic E-state index is 12.3. The Labute approximate surface area is 141 Å². The number of amides is 2.